The summed E-state index contributed by atoms with van der Waals surface area (Å²) in [7, 11) is 1.29. The first-order chi connectivity index (χ1) is 9.72. The normalized spacial score (nSPS) is 15.0. The Kier molecular flexibility index (Phi) is 8.66. The molecule has 0 aliphatic carbocycles. The first kappa shape index (κ1) is 19.4. The number of carbonyl (C=O) groups is 3. The van der Waals surface area contributed by atoms with Crippen LogP contribution in [0.25, 0.3) is 0 Å². The van der Waals surface area contributed by atoms with Crippen molar-refractivity contribution in [2.24, 2.45) is 11.8 Å². The van der Waals surface area contributed by atoms with Crippen molar-refractivity contribution in [3.8, 4) is 0 Å². The van der Waals surface area contributed by atoms with E-state index in [0.29, 0.717) is 6.42 Å². The molecule has 0 aromatic carbocycles. The van der Waals surface area contributed by atoms with Crippen LogP contribution in [-0.2, 0) is 19.1 Å². The molecule has 0 saturated carbocycles. The predicted molar refractivity (Wildman–Crippen MR) is 80.5 cm³/mol. The van der Waals surface area contributed by atoms with E-state index in [9.17, 15) is 14.4 Å². The molecule has 0 heterocycles. The summed E-state index contributed by atoms with van der Waals surface area (Å²) < 4.78 is 4.74. The van der Waals surface area contributed by atoms with Crippen molar-refractivity contribution in [1.82, 2.24) is 10.6 Å². The van der Waals surface area contributed by atoms with Crippen molar-refractivity contribution >= 4 is 17.8 Å². The second-order valence-corrected chi connectivity index (χ2v) is 5.78. The maximum Gasteiger partial charge on any atom is 0.328 e. The van der Waals surface area contributed by atoms with Gasteiger partial charge in [-0.25, -0.2) is 4.79 Å². The molecular weight excluding hydrogens is 272 g/mol. The van der Waals surface area contributed by atoms with E-state index in [0.717, 1.165) is 6.42 Å². The minimum Gasteiger partial charge on any atom is -0.467 e. The molecule has 6 nitrogen and oxygen atoms in total. The van der Waals surface area contributed by atoms with Gasteiger partial charge in [0.1, 0.15) is 12.1 Å². The molecule has 0 saturated heterocycles. The zero-order valence-electron chi connectivity index (χ0n) is 13.9. The minimum atomic E-state index is -0.698. The van der Waals surface area contributed by atoms with Gasteiger partial charge < -0.3 is 15.4 Å². The molecule has 3 atom stereocenters. The molecule has 0 radical (unpaired) electrons. The fraction of sp³-hybridized carbons (Fsp3) is 0.800. The van der Waals surface area contributed by atoms with Crippen LogP contribution < -0.4 is 10.6 Å². The fourth-order valence-electron chi connectivity index (χ4n) is 2.00. The second kappa shape index (κ2) is 9.37. The van der Waals surface area contributed by atoms with Crippen molar-refractivity contribution in [3.05, 3.63) is 0 Å². The SMILES string of the molecule is CC[C@@H](C)[C@H](NC(=O)[C@H](CC(C)C)NC(C)=O)C(=O)OC. The van der Waals surface area contributed by atoms with Gasteiger partial charge in [-0.2, -0.15) is 0 Å². The number of rotatable bonds is 8. The highest BCUT2D eigenvalue weighted by atomic mass is 16.5. The molecule has 0 aromatic heterocycles. The molecule has 6 heteroatoms. The lowest BCUT2D eigenvalue weighted by atomic mass is 9.97. The van der Waals surface area contributed by atoms with Crippen molar-refractivity contribution < 1.29 is 19.1 Å². The highest BCUT2D eigenvalue weighted by Gasteiger charge is 2.30. The highest BCUT2D eigenvalue weighted by molar-refractivity contribution is 5.90. The van der Waals surface area contributed by atoms with Gasteiger partial charge in [0.15, 0.2) is 0 Å². The van der Waals surface area contributed by atoms with Crippen LogP contribution in [0.4, 0.5) is 0 Å². The largest absolute Gasteiger partial charge is 0.467 e. The van der Waals surface area contributed by atoms with Crippen LogP contribution in [-0.4, -0.2) is 37.0 Å². The molecule has 0 aliphatic rings. The Bertz CT molecular complexity index is 369. The van der Waals surface area contributed by atoms with Crippen molar-refractivity contribution in [2.45, 2.75) is 59.5 Å². The fourth-order valence-corrected chi connectivity index (χ4v) is 2.00. The van der Waals surface area contributed by atoms with Crippen LogP contribution in [0.5, 0.6) is 0 Å². The maximum absolute atomic E-state index is 12.3. The molecule has 2 amide bonds. The average molecular weight is 300 g/mol. The first-order valence-electron chi connectivity index (χ1n) is 7.38. The van der Waals surface area contributed by atoms with Crippen molar-refractivity contribution in [1.29, 1.82) is 0 Å². The van der Waals surface area contributed by atoms with Gasteiger partial charge in [-0.1, -0.05) is 34.1 Å². The Morgan fingerprint density at radius 3 is 2.05 bits per heavy atom. The van der Waals surface area contributed by atoms with E-state index in [2.05, 4.69) is 10.6 Å². The summed E-state index contributed by atoms with van der Waals surface area (Å²) >= 11 is 0. The molecule has 0 bridgehead atoms. The third kappa shape index (κ3) is 7.11. The van der Waals surface area contributed by atoms with Crippen LogP contribution in [0.3, 0.4) is 0 Å². The van der Waals surface area contributed by atoms with Gasteiger partial charge in [-0.15, -0.1) is 0 Å². The van der Waals surface area contributed by atoms with Crippen molar-refractivity contribution in [2.75, 3.05) is 7.11 Å². The summed E-state index contributed by atoms with van der Waals surface area (Å²) in [6.07, 6.45) is 1.24. The summed E-state index contributed by atoms with van der Waals surface area (Å²) in [6.45, 7) is 9.11. The lowest BCUT2D eigenvalue weighted by molar-refractivity contribution is -0.147. The molecule has 21 heavy (non-hydrogen) atoms. The number of hydrogen-bond donors (Lipinski definition) is 2. The lowest BCUT2D eigenvalue weighted by Gasteiger charge is -2.25. The number of esters is 1. The van der Waals surface area contributed by atoms with E-state index in [1.165, 1.54) is 14.0 Å². The Labute approximate surface area is 127 Å². The molecule has 2 N–H and O–H groups in total. The number of amides is 2. The molecule has 0 aromatic rings. The van der Waals surface area contributed by atoms with Crippen molar-refractivity contribution in [3.63, 3.8) is 0 Å². The first-order valence-corrected chi connectivity index (χ1v) is 7.38. The zero-order valence-corrected chi connectivity index (χ0v) is 13.9. The standard InChI is InChI=1S/C15H28N2O4/c1-7-10(4)13(15(20)21-6)17-14(19)12(8-9(2)3)16-11(5)18/h9-10,12-13H,7-8H2,1-6H3,(H,16,18)(H,17,19)/t10-,12+,13+/m1/s1. The Morgan fingerprint density at radius 2 is 1.67 bits per heavy atom. The molecule has 0 unspecified atom stereocenters. The van der Waals surface area contributed by atoms with E-state index in [1.54, 1.807) is 0 Å². The highest BCUT2D eigenvalue weighted by Crippen LogP contribution is 2.11. The average Bonchev–Trinajstić information content (AvgIpc) is 2.41. The third-order valence-electron chi connectivity index (χ3n) is 3.37. The van der Waals surface area contributed by atoms with Gasteiger partial charge in [0.2, 0.25) is 11.8 Å². The topological polar surface area (TPSA) is 84.5 Å². The van der Waals surface area contributed by atoms with Gasteiger partial charge in [0.05, 0.1) is 7.11 Å². The minimum absolute atomic E-state index is 0.0431. The number of hydrogen-bond acceptors (Lipinski definition) is 4. The van der Waals surface area contributed by atoms with Crippen LogP contribution >= 0.6 is 0 Å². The Hall–Kier alpha value is -1.59. The van der Waals surface area contributed by atoms with Gasteiger partial charge >= 0.3 is 5.97 Å². The number of ether oxygens (including phenoxy) is 1. The molecule has 0 aliphatic heterocycles. The van der Waals surface area contributed by atoms with E-state index >= 15 is 0 Å². The number of methoxy groups -OCH3 is 1. The van der Waals surface area contributed by atoms with E-state index in [1.807, 2.05) is 27.7 Å². The van der Waals surface area contributed by atoms with Crippen LogP contribution in [0, 0.1) is 11.8 Å². The van der Waals surface area contributed by atoms with Gasteiger partial charge in [-0.05, 0) is 18.3 Å². The lowest BCUT2D eigenvalue weighted by Crippen LogP contribution is -2.53. The summed E-state index contributed by atoms with van der Waals surface area (Å²) in [5.41, 5.74) is 0. The monoisotopic (exact) mass is 300 g/mol. The summed E-state index contributed by atoms with van der Waals surface area (Å²) in [6, 6.07) is -1.34. The van der Waals surface area contributed by atoms with Gasteiger partial charge in [0.25, 0.3) is 0 Å². The Morgan fingerprint density at radius 1 is 1.10 bits per heavy atom. The van der Waals surface area contributed by atoms with Crippen LogP contribution in [0.15, 0.2) is 0 Å². The summed E-state index contributed by atoms with van der Waals surface area (Å²) in [4.78, 5) is 35.3. The second-order valence-electron chi connectivity index (χ2n) is 5.78. The summed E-state index contributed by atoms with van der Waals surface area (Å²) in [5, 5.41) is 5.33. The number of carbonyl (C=O) groups excluding carboxylic acids is 3. The molecule has 0 fully saturated rings. The Balaban J connectivity index is 4.96. The van der Waals surface area contributed by atoms with Crippen LogP contribution in [0.2, 0.25) is 0 Å². The maximum atomic E-state index is 12.3. The predicted octanol–water partition coefficient (Wildman–Crippen LogP) is 1.24. The number of nitrogens with one attached hydrogen (secondary N) is 2. The van der Waals surface area contributed by atoms with Crippen LogP contribution in [0.1, 0.15) is 47.5 Å². The van der Waals surface area contributed by atoms with Gasteiger partial charge in [-0.3, -0.25) is 9.59 Å². The smallest absolute Gasteiger partial charge is 0.328 e. The molecule has 122 valence electrons. The third-order valence-corrected chi connectivity index (χ3v) is 3.37. The van der Waals surface area contributed by atoms with E-state index in [4.69, 9.17) is 4.74 Å². The molecular formula is C15H28N2O4. The molecule has 0 spiro atoms. The van der Waals surface area contributed by atoms with Gasteiger partial charge in [0, 0.05) is 6.92 Å². The summed E-state index contributed by atoms with van der Waals surface area (Å²) in [5.74, 6) is -0.890. The molecule has 0 rings (SSSR count). The van der Waals surface area contributed by atoms with E-state index < -0.39 is 18.1 Å². The van der Waals surface area contributed by atoms with E-state index in [-0.39, 0.29) is 23.7 Å². The quantitative estimate of drug-likeness (QED) is 0.661. The zero-order chi connectivity index (χ0) is 16.6.